The van der Waals surface area contributed by atoms with E-state index in [2.05, 4.69) is 51.6 Å². The van der Waals surface area contributed by atoms with E-state index >= 15 is 0 Å². The van der Waals surface area contributed by atoms with Gasteiger partial charge in [0.05, 0.1) is 18.0 Å². The third-order valence-corrected chi connectivity index (χ3v) is 12.1. The largest absolute Gasteiger partial charge is 0.355 e. The van der Waals surface area contributed by atoms with Crippen molar-refractivity contribution in [3.63, 3.8) is 0 Å². The van der Waals surface area contributed by atoms with Crippen LogP contribution in [0.1, 0.15) is 67.8 Å². The van der Waals surface area contributed by atoms with Crippen LogP contribution < -0.4 is 5.32 Å². The molecule has 4 heterocycles. The molecule has 2 N–H and O–H groups in total. The highest BCUT2D eigenvalue weighted by Gasteiger charge is 2.39. The molecule has 0 spiro atoms. The van der Waals surface area contributed by atoms with Gasteiger partial charge in [0.2, 0.25) is 11.8 Å². The van der Waals surface area contributed by atoms with Crippen LogP contribution in [-0.4, -0.2) is 88.4 Å². The highest BCUT2D eigenvalue weighted by Crippen LogP contribution is 2.30. The number of carbonyl (C=O) groups excluding carboxylic acids is 4. The van der Waals surface area contributed by atoms with E-state index in [4.69, 9.17) is 0 Å². The quantitative estimate of drug-likeness (QED) is 0.132. The predicted molar refractivity (Wildman–Crippen MR) is 225 cm³/mol. The van der Waals surface area contributed by atoms with Gasteiger partial charge in [0.25, 0.3) is 0 Å². The van der Waals surface area contributed by atoms with Gasteiger partial charge in [-0.05, 0) is 91.7 Å². The summed E-state index contributed by atoms with van der Waals surface area (Å²) in [6, 6.07) is 35.0. The topological polar surface area (TPSA) is 106 Å². The number of nitrogens with zero attached hydrogens (tertiary/aromatic N) is 3. The lowest BCUT2D eigenvalue weighted by Gasteiger charge is -2.28. The van der Waals surface area contributed by atoms with Gasteiger partial charge in [-0.15, -0.1) is 0 Å². The number of amides is 2. The van der Waals surface area contributed by atoms with E-state index in [1.54, 1.807) is 11.9 Å². The molecule has 57 heavy (non-hydrogen) atoms. The summed E-state index contributed by atoms with van der Waals surface area (Å²) in [6.07, 6.45) is 4.49. The number of benzene rings is 4. The Morgan fingerprint density at radius 1 is 0.702 bits per heavy atom. The first kappa shape index (κ1) is 39.8. The number of likely N-dealkylation sites (tertiary alicyclic amines) is 3. The van der Waals surface area contributed by atoms with Crippen LogP contribution in [0.2, 0.25) is 0 Å². The monoisotopic (exact) mass is 765 g/mol. The number of nitrogens with one attached hydrogen (secondary N) is 2. The molecule has 0 saturated carbocycles. The molecule has 9 heteroatoms. The Morgan fingerprint density at radius 3 is 2.04 bits per heavy atom. The number of rotatable bonds is 13. The zero-order valence-electron chi connectivity index (χ0n) is 32.2. The lowest BCUT2D eigenvalue weighted by atomic mass is 9.99. The van der Waals surface area contributed by atoms with Gasteiger partial charge in [-0.1, -0.05) is 98.4 Å². The molecule has 3 saturated heterocycles. The summed E-state index contributed by atoms with van der Waals surface area (Å²) >= 11 is 0. The Morgan fingerprint density at radius 2 is 1.33 bits per heavy atom. The Bertz CT molecular complexity index is 2180. The zero-order chi connectivity index (χ0) is 38.6. The van der Waals surface area contributed by atoms with Gasteiger partial charge in [0, 0.05) is 55.6 Å². The first-order chi connectivity index (χ1) is 27.3. The molecule has 0 aliphatic carbocycles. The van der Waals surface area contributed by atoms with Crippen molar-refractivity contribution in [3.05, 3.63) is 131 Å². The van der Waals surface area contributed by atoms with Crippen LogP contribution in [0.25, 0.3) is 22.2 Å². The number of likely N-dealkylation sites (N-methyl/N-ethyl adjacent to an activating group) is 1. The highest BCUT2D eigenvalue weighted by atomic mass is 16.2. The van der Waals surface area contributed by atoms with Gasteiger partial charge < -0.3 is 20.1 Å². The van der Waals surface area contributed by atoms with E-state index in [0.29, 0.717) is 25.9 Å². The smallest absolute Gasteiger partial charge is 0.244 e. The molecule has 3 fully saturated rings. The summed E-state index contributed by atoms with van der Waals surface area (Å²) in [5.74, 6) is 0.197. The average Bonchev–Trinajstić information content (AvgIpc) is 4.06. The van der Waals surface area contributed by atoms with E-state index in [1.165, 1.54) is 5.56 Å². The van der Waals surface area contributed by atoms with Crippen molar-refractivity contribution in [3.8, 4) is 11.3 Å². The van der Waals surface area contributed by atoms with Crippen LogP contribution in [0.3, 0.4) is 0 Å². The number of carbonyl (C=O) groups is 4. The van der Waals surface area contributed by atoms with Gasteiger partial charge in [-0.25, -0.2) is 0 Å². The Labute approximate surface area is 336 Å². The van der Waals surface area contributed by atoms with E-state index in [0.717, 1.165) is 84.2 Å². The number of H-pyrrole nitrogens is 1. The van der Waals surface area contributed by atoms with Crippen LogP contribution >= 0.6 is 0 Å². The Hall–Kier alpha value is -5.38. The number of Topliss-reactive ketones (excluding diaryl/α,β-unsaturated/α-hetero) is 2. The van der Waals surface area contributed by atoms with Gasteiger partial charge in [0.15, 0.2) is 11.6 Å². The number of hydrogen-bond acceptors (Lipinski definition) is 6. The summed E-state index contributed by atoms with van der Waals surface area (Å²) in [5.41, 5.74) is 6.95. The van der Waals surface area contributed by atoms with Crippen molar-refractivity contribution in [2.24, 2.45) is 5.92 Å². The van der Waals surface area contributed by atoms with Crippen LogP contribution in [0.4, 0.5) is 0 Å². The number of fused-ring (bicyclic) bond motifs is 1. The molecule has 5 aromatic rings. The normalized spacial score (nSPS) is 20.1. The van der Waals surface area contributed by atoms with Crippen molar-refractivity contribution in [2.45, 2.75) is 77.0 Å². The molecular weight excluding hydrogens is 711 g/mol. The minimum Gasteiger partial charge on any atom is -0.355 e. The van der Waals surface area contributed by atoms with Crippen molar-refractivity contribution in [2.75, 3.05) is 33.2 Å². The van der Waals surface area contributed by atoms with E-state index in [9.17, 15) is 19.2 Å². The Kier molecular flexibility index (Phi) is 12.5. The lowest BCUT2D eigenvalue weighted by molar-refractivity contribution is -0.140. The number of hydrogen-bond donors (Lipinski definition) is 2. The molecule has 2 amide bonds. The maximum absolute atomic E-state index is 13.6. The maximum atomic E-state index is 13.6. The van der Waals surface area contributed by atoms with Crippen LogP contribution in [0.5, 0.6) is 0 Å². The van der Waals surface area contributed by atoms with Gasteiger partial charge in [-0.3, -0.25) is 24.1 Å². The molecule has 296 valence electrons. The standard InChI is InChI=1S/C47H51N5O4.CH4/c1-48-45(36-12-6-3-7-13-36)47(56)52-24-9-15-42(52)44(54)28-34-18-21-39-38(26-34)29-40(49-39)35-19-16-32(17-20-35)27-43(53)41-14-8-23-51(41)46(55)37-22-25-50(31-37)30-33-10-4-2-5-11-33;/h2-7,10-13,16-21,26,29,37,41-42,45,48-49H,8-9,14-15,22-25,27-28,30-31H2,1H3;1H4/t37-,41+,42+,45-;/m1./s1. The van der Waals surface area contributed by atoms with Gasteiger partial charge >= 0.3 is 0 Å². The molecule has 3 aliphatic rings. The summed E-state index contributed by atoms with van der Waals surface area (Å²) in [4.78, 5) is 64.0. The second kappa shape index (κ2) is 17.8. The van der Waals surface area contributed by atoms with E-state index in [-0.39, 0.29) is 49.2 Å². The summed E-state index contributed by atoms with van der Waals surface area (Å²) in [6.45, 7) is 3.73. The zero-order valence-corrected chi connectivity index (χ0v) is 32.2. The molecule has 1 aromatic heterocycles. The summed E-state index contributed by atoms with van der Waals surface area (Å²) in [5, 5.41) is 4.16. The van der Waals surface area contributed by atoms with E-state index < -0.39 is 12.1 Å². The molecule has 9 nitrogen and oxygen atoms in total. The van der Waals surface area contributed by atoms with Crippen LogP contribution in [0.15, 0.2) is 109 Å². The first-order valence-electron chi connectivity index (χ1n) is 20.2. The number of aromatic amines is 1. The molecule has 4 aromatic carbocycles. The molecule has 0 bridgehead atoms. The molecule has 8 rings (SSSR count). The number of aromatic nitrogens is 1. The average molecular weight is 766 g/mol. The maximum Gasteiger partial charge on any atom is 0.244 e. The van der Waals surface area contributed by atoms with Gasteiger partial charge in [-0.2, -0.15) is 0 Å². The second-order valence-corrected chi connectivity index (χ2v) is 15.8. The fraction of sp³-hybridized carbons (Fsp3) is 0.375. The molecule has 0 unspecified atom stereocenters. The SMILES string of the molecule is C.CN[C@@H](C(=O)N1CCC[C@H]1C(=O)Cc1ccc2[nH]c(-c3ccc(CC(=O)[C@@H]4CCCN4C(=O)[C@@H]4CCN(Cc5ccccc5)C4)cc3)cc2c1)c1ccccc1. The van der Waals surface area contributed by atoms with Gasteiger partial charge in [0.1, 0.15) is 6.04 Å². The molecule has 4 atom stereocenters. The summed E-state index contributed by atoms with van der Waals surface area (Å²) < 4.78 is 0. The first-order valence-corrected chi connectivity index (χ1v) is 20.2. The third-order valence-electron chi connectivity index (χ3n) is 12.1. The van der Waals surface area contributed by atoms with Crippen molar-refractivity contribution < 1.29 is 19.2 Å². The van der Waals surface area contributed by atoms with E-state index in [1.807, 2.05) is 77.7 Å². The predicted octanol–water partition coefficient (Wildman–Crippen LogP) is 7.16. The molecule has 3 aliphatic heterocycles. The number of ketones is 2. The highest BCUT2D eigenvalue weighted by molar-refractivity contribution is 5.94. The fourth-order valence-electron chi connectivity index (χ4n) is 9.12. The van der Waals surface area contributed by atoms with Crippen molar-refractivity contribution >= 4 is 34.3 Å². The third kappa shape index (κ3) is 8.80. The minimum absolute atomic E-state index is 0. The lowest BCUT2D eigenvalue weighted by Crippen LogP contribution is -2.46. The summed E-state index contributed by atoms with van der Waals surface area (Å²) in [7, 11) is 1.78. The van der Waals surface area contributed by atoms with Crippen molar-refractivity contribution in [1.82, 2.24) is 25.0 Å². The van der Waals surface area contributed by atoms with Crippen LogP contribution in [-0.2, 0) is 38.6 Å². The fourth-order valence-corrected chi connectivity index (χ4v) is 9.12. The minimum atomic E-state index is -0.485. The Balaban J connectivity index is 0.00000496. The molecular formula is C48H55N5O4. The van der Waals surface area contributed by atoms with Crippen molar-refractivity contribution in [1.29, 1.82) is 0 Å². The molecule has 0 radical (unpaired) electrons. The second-order valence-electron chi connectivity index (χ2n) is 15.8. The van der Waals surface area contributed by atoms with Crippen LogP contribution in [0, 0.1) is 5.92 Å².